The Morgan fingerprint density at radius 1 is 1.21 bits per heavy atom. The van der Waals surface area contributed by atoms with Crippen molar-refractivity contribution in [3.63, 3.8) is 0 Å². The van der Waals surface area contributed by atoms with Crippen LogP contribution in [0, 0.1) is 5.82 Å². The van der Waals surface area contributed by atoms with E-state index in [1.54, 1.807) is 6.07 Å². The number of amides is 2. The van der Waals surface area contributed by atoms with Crippen LogP contribution in [-0.2, 0) is 16.0 Å². The molecule has 2 aromatic rings. The van der Waals surface area contributed by atoms with Gasteiger partial charge in [-0.3, -0.25) is 9.59 Å². The molecule has 3 rings (SSSR count). The fraction of sp³-hybridized carbons (Fsp3) is 0.222. The van der Waals surface area contributed by atoms with Crippen molar-refractivity contribution in [2.45, 2.75) is 23.0 Å². The summed E-state index contributed by atoms with van der Waals surface area (Å²) in [5.41, 5.74) is 1.62. The minimum Gasteiger partial charge on any atom is -0.356 e. The van der Waals surface area contributed by atoms with E-state index in [0.717, 1.165) is 16.1 Å². The van der Waals surface area contributed by atoms with E-state index < -0.39 is 5.25 Å². The molecule has 0 unspecified atom stereocenters. The maximum Gasteiger partial charge on any atom is 0.238 e. The number of hydrogen-bond acceptors (Lipinski definition) is 3. The Bertz CT molecular complexity index is 766. The predicted octanol–water partition coefficient (Wildman–Crippen LogP) is 2.99. The van der Waals surface area contributed by atoms with Crippen LogP contribution in [0.4, 0.5) is 10.1 Å². The molecule has 1 aliphatic heterocycles. The summed E-state index contributed by atoms with van der Waals surface area (Å²) in [7, 11) is 0. The number of benzene rings is 2. The Morgan fingerprint density at radius 2 is 2.04 bits per heavy atom. The van der Waals surface area contributed by atoms with Gasteiger partial charge in [-0.2, -0.15) is 0 Å². The van der Waals surface area contributed by atoms with Gasteiger partial charge in [-0.1, -0.05) is 24.3 Å². The number of halogens is 1. The molecule has 0 saturated carbocycles. The Balaban J connectivity index is 1.49. The molecular formula is C18H17FN2O2S. The number of nitrogens with one attached hydrogen (secondary N) is 2. The van der Waals surface area contributed by atoms with Crippen molar-refractivity contribution < 1.29 is 14.0 Å². The van der Waals surface area contributed by atoms with Crippen molar-refractivity contribution in [2.24, 2.45) is 0 Å². The van der Waals surface area contributed by atoms with Crippen LogP contribution in [0.5, 0.6) is 0 Å². The lowest BCUT2D eigenvalue weighted by Crippen LogP contribution is -2.35. The van der Waals surface area contributed by atoms with Crippen molar-refractivity contribution in [1.82, 2.24) is 5.32 Å². The third-order valence-corrected chi connectivity index (χ3v) is 4.98. The Kier molecular flexibility index (Phi) is 5.15. The molecule has 4 nitrogen and oxygen atoms in total. The van der Waals surface area contributed by atoms with E-state index >= 15 is 0 Å². The summed E-state index contributed by atoms with van der Waals surface area (Å²) in [5, 5.41) is 5.17. The number of carbonyl (C=O) groups excluding carboxylic acids is 2. The molecule has 1 heterocycles. The van der Waals surface area contributed by atoms with E-state index in [9.17, 15) is 14.0 Å². The number of rotatable bonds is 5. The average Bonchev–Trinajstić information content (AvgIpc) is 2.55. The molecule has 1 atom stereocenters. The molecule has 0 bridgehead atoms. The summed E-state index contributed by atoms with van der Waals surface area (Å²) in [5.74, 6) is -0.620. The molecule has 6 heteroatoms. The number of fused-ring (bicyclic) bond motifs is 1. The molecule has 2 amide bonds. The fourth-order valence-electron chi connectivity index (χ4n) is 2.51. The number of thioether (sulfide) groups is 1. The molecule has 0 spiro atoms. The van der Waals surface area contributed by atoms with Gasteiger partial charge in [-0.25, -0.2) is 4.39 Å². The number of para-hydroxylation sites is 1. The van der Waals surface area contributed by atoms with Crippen LogP contribution in [-0.4, -0.2) is 23.6 Å². The zero-order valence-corrected chi connectivity index (χ0v) is 13.7. The third-order valence-electron chi connectivity index (χ3n) is 3.70. The second-order valence-corrected chi connectivity index (χ2v) is 6.77. The van der Waals surface area contributed by atoms with Crippen LogP contribution in [0.15, 0.2) is 53.4 Å². The first-order valence-corrected chi connectivity index (χ1v) is 8.57. The Morgan fingerprint density at radius 3 is 2.88 bits per heavy atom. The molecule has 1 aliphatic rings. The van der Waals surface area contributed by atoms with E-state index in [1.165, 1.54) is 23.9 Å². The molecule has 0 aliphatic carbocycles. The first kappa shape index (κ1) is 16.5. The second kappa shape index (κ2) is 7.49. The highest BCUT2D eigenvalue weighted by molar-refractivity contribution is 8.01. The maximum atomic E-state index is 13.1. The highest BCUT2D eigenvalue weighted by Gasteiger charge is 2.28. The SMILES string of the molecule is O=C(C[C@@H]1Sc2ccccc2NC1=O)NCCc1cccc(F)c1. The van der Waals surface area contributed by atoms with E-state index in [-0.39, 0.29) is 24.1 Å². The maximum absolute atomic E-state index is 13.1. The van der Waals surface area contributed by atoms with Crippen LogP contribution in [0.1, 0.15) is 12.0 Å². The number of anilines is 1. The summed E-state index contributed by atoms with van der Waals surface area (Å²) < 4.78 is 13.1. The van der Waals surface area contributed by atoms with Crippen molar-refractivity contribution in [3.05, 3.63) is 59.9 Å². The molecule has 2 aromatic carbocycles. The smallest absolute Gasteiger partial charge is 0.238 e. The lowest BCUT2D eigenvalue weighted by Gasteiger charge is -2.23. The molecule has 0 saturated heterocycles. The van der Waals surface area contributed by atoms with Gasteiger partial charge >= 0.3 is 0 Å². The molecule has 2 N–H and O–H groups in total. The Hall–Kier alpha value is -2.34. The van der Waals surface area contributed by atoms with Gasteiger partial charge in [0.1, 0.15) is 5.82 Å². The average molecular weight is 344 g/mol. The minimum atomic E-state index is -0.436. The third kappa shape index (κ3) is 4.14. The van der Waals surface area contributed by atoms with Gasteiger partial charge in [-0.05, 0) is 36.2 Å². The predicted molar refractivity (Wildman–Crippen MR) is 92.4 cm³/mol. The summed E-state index contributed by atoms with van der Waals surface area (Å²) >= 11 is 1.40. The summed E-state index contributed by atoms with van der Waals surface area (Å²) in [6.45, 7) is 0.415. The summed E-state index contributed by atoms with van der Waals surface area (Å²) in [6, 6.07) is 13.8. The van der Waals surface area contributed by atoms with E-state index in [4.69, 9.17) is 0 Å². The quantitative estimate of drug-likeness (QED) is 0.877. The van der Waals surface area contributed by atoms with Gasteiger partial charge in [0.05, 0.1) is 10.9 Å². The van der Waals surface area contributed by atoms with Crippen molar-refractivity contribution >= 4 is 29.3 Å². The number of carbonyl (C=O) groups is 2. The van der Waals surface area contributed by atoms with Crippen LogP contribution >= 0.6 is 11.8 Å². The highest BCUT2D eigenvalue weighted by atomic mass is 32.2. The lowest BCUT2D eigenvalue weighted by molar-refractivity contribution is -0.124. The van der Waals surface area contributed by atoms with Gasteiger partial charge in [-0.15, -0.1) is 11.8 Å². The zero-order chi connectivity index (χ0) is 16.9. The first-order valence-electron chi connectivity index (χ1n) is 7.69. The van der Waals surface area contributed by atoms with E-state index in [2.05, 4.69) is 10.6 Å². The van der Waals surface area contributed by atoms with Crippen LogP contribution in [0.3, 0.4) is 0 Å². The lowest BCUT2D eigenvalue weighted by atomic mass is 10.1. The normalized spacial score (nSPS) is 16.2. The minimum absolute atomic E-state index is 0.119. The zero-order valence-electron chi connectivity index (χ0n) is 12.9. The standard InChI is InChI=1S/C18H17FN2O2S/c19-13-5-3-4-12(10-13)8-9-20-17(22)11-16-18(23)21-14-6-1-2-7-15(14)24-16/h1-7,10,16H,8-9,11H2,(H,20,22)(H,21,23)/t16-/m0/s1. The van der Waals surface area contributed by atoms with E-state index in [0.29, 0.717) is 13.0 Å². The van der Waals surface area contributed by atoms with Crippen molar-refractivity contribution in [3.8, 4) is 0 Å². The molecule has 24 heavy (non-hydrogen) atoms. The van der Waals surface area contributed by atoms with E-state index in [1.807, 2.05) is 30.3 Å². The van der Waals surface area contributed by atoms with Crippen LogP contribution in [0.2, 0.25) is 0 Å². The molecule has 124 valence electrons. The first-order chi connectivity index (χ1) is 11.6. The van der Waals surface area contributed by atoms with Gasteiger partial charge < -0.3 is 10.6 Å². The van der Waals surface area contributed by atoms with Gasteiger partial charge in [0.25, 0.3) is 0 Å². The van der Waals surface area contributed by atoms with Crippen molar-refractivity contribution in [2.75, 3.05) is 11.9 Å². The molecule has 0 radical (unpaired) electrons. The topological polar surface area (TPSA) is 58.2 Å². The van der Waals surface area contributed by atoms with Gasteiger partial charge in [0, 0.05) is 17.9 Å². The molecule has 0 aromatic heterocycles. The largest absolute Gasteiger partial charge is 0.356 e. The van der Waals surface area contributed by atoms with Gasteiger partial charge in [0.15, 0.2) is 0 Å². The Labute approximate surface area is 143 Å². The monoisotopic (exact) mass is 344 g/mol. The van der Waals surface area contributed by atoms with Crippen LogP contribution < -0.4 is 10.6 Å². The highest BCUT2D eigenvalue weighted by Crippen LogP contribution is 2.36. The fourth-order valence-corrected chi connectivity index (χ4v) is 3.62. The summed E-state index contributed by atoms with van der Waals surface area (Å²) in [6.07, 6.45) is 0.671. The van der Waals surface area contributed by atoms with Gasteiger partial charge in [0.2, 0.25) is 11.8 Å². The van der Waals surface area contributed by atoms with Crippen LogP contribution in [0.25, 0.3) is 0 Å². The molecular weight excluding hydrogens is 327 g/mol. The second-order valence-electron chi connectivity index (χ2n) is 5.53. The summed E-state index contributed by atoms with van der Waals surface area (Å²) in [4.78, 5) is 25.1. The number of hydrogen-bond donors (Lipinski definition) is 2. The van der Waals surface area contributed by atoms with Crippen molar-refractivity contribution in [1.29, 1.82) is 0 Å². The molecule has 0 fully saturated rings.